The summed E-state index contributed by atoms with van der Waals surface area (Å²) in [5.41, 5.74) is 5.53. The van der Waals surface area contributed by atoms with E-state index in [0.717, 1.165) is 21.4 Å². The Labute approximate surface area is 121 Å². The van der Waals surface area contributed by atoms with E-state index in [2.05, 4.69) is 5.32 Å². The van der Waals surface area contributed by atoms with Crippen molar-refractivity contribution in [3.8, 4) is 0 Å². The summed E-state index contributed by atoms with van der Waals surface area (Å²) in [6, 6.07) is 9.90. The van der Waals surface area contributed by atoms with E-state index in [-0.39, 0.29) is 11.9 Å². The van der Waals surface area contributed by atoms with E-state index in [4.69, 9.17) is 18.0 Å². The first kappa shape index (κ1) is 14.0. The third-order valence-electron chi connectivity index (χ3n) is 2.92. The number of nitrogens with one attached hydrogen (secondary N) is 1. The Morgan fingerprint density at radius 1 is 1.47 bits per heavy atom. The van der Waals surface area contributed by atoms with Crippen molar-refractivity contribution in [1.82, 2.24) is 5.32 Å². The maximum Gasteiger partial charge on any atom is 0.261 e. The van der Waals surface area contributed by atoms with E-state index in [9.17, 15) is 4.79 Å². The minimum atomic E-state index is -0.0516. The average molecular weight is 292 g/mol. The lowest BCUT2D eigenvalue weighted by molar-refractivity contribution is 0.0941. The summed E-state index contributed by atoms with van der Waals surface area (Å²) in [6.07, 6.45) is 1.36. The first-order valence-corrected chi connectivity index (χ1v) is 7.40. The molecule has 3 nitrogen and oxygen atoms in total. The van der Waals surface area contributed by atoms with Crippen LogP contribution in [-0.4, -0.2) is 16.9 Å². The third kappa shape index (κ3) is 3.52. The van der Waals surface area contributed by atoms with Gasteiger partial charge in [-0.15, -0.1) is 11.3 Å². The van der Waals surface area contributed by atoms with Gasteiger partial charge in [-0.3, -0.25) is 4.79 Å². The summed E-state index contributed by atoms with van der Waals surface area (Å²) >= 11 is 6.39. The first-order chi connectivity index (χ1) is 9.10. The zero-order chi connectivity index (χ0) is 13.8. The van der Waals surface area contributed by atoms with Crippen molar-refractivity contribution in [3.05, 3.63) is 35.2 Å². The van der Waals surface area contributed by atoms with E-state index < -0.39 is 0 Å². The Balaban J connectivity index is 2.12. The number of hydrogen-bond donors (Lipinski definition) is 2. The predicted molar refractivity (Wildman–Crippen MR) is 84.8 cm³/mol. The molecule has 1 unspecified atom stereocenters. The van der Waals surface area contributed by atoms with E-state index >= 15 is 0 Å². The number of rotatable bonds is 5. The molecule has 0 radical (unpaired) electrons. The smallest absolute Gasteiger partial charge is 0.261 e. The molecule has 0 aliphatic heterocycles. The Kier molecular flexibility index (Phi) is 4.50. The van der Waals surface area contributed by atoms with Crippen LogP contribution in [0.5, 0.6) is 0 Å². The molecule has 2 rings (SSSR count). The van der Waals surface area contributed by atoms with Gasteiger partial charge < -0.3 is 11.1 Å². The molecule has 2 aromatic rings. The van der Waals surface area contributed by atoms with E-state index in [1.165, 1.54) is 11.3 Å². The monoisotopic (exact) mass is 292 g/mol. The van der Waals surface area contributed by atoms with Gasteiger partial charge in [0.15, 0.2) is 0 Å². The zero-order valence-corrected chi connectivity index (χ0v) is 12.3. The molecule has 1 atom stereocenters. The lowest BCUT2D eigenvalue weighted by Crippen LogP contribution is -2.36. The SMILES string of the molecule is CCC(CC(N)=S)NC(=O)c1cc2ccccc2s1. The molecule has 0 saturated carbocycles. The van der Waals surface area contributed by atoms with Gasteiger partial charge in [0.25, 0.3) is 5.91 Å². The fourth-order valence-electron chi connectivity index (χ4n) is 1.89. The number of fused-ring (bicyclic) bond motifs is 1. The van der Waals surface area contributed by atoms with Crippen LogP contribution >= 0.6 is 23.6 Å². The van der Waals surface area contributed by atoms with Gasteiger partial charge in [0.1, 0.15) is 0 Å². The van der Waals surface area contributed by atoms with Crippen LogP contribution in [0.1, 0.15) is 29.4 Å². The van der Waals surface area contributed by atoms with Crippen molar-refractivity contribution in [3.63, 3.8) is 0 Å². The zero-order valence-electron chi connectivity index (χ0n) is 10.7. The Bertz CT molecular complexity index is 573. The lowest BCUT2D eigenvalue weighted by atomic mass is 10.1. The van der Waals surface area contributed by atoms with Crippen LogP contribution in [-0.2, 0) is 0 Å². The lowest BCUT2D eigenvalue weighted by Gasteiger charge is -2.15. The van der Waals surface area contributed by atoms with Crippen LogP contribution in [0.2, 0.25) is 0 Å². The van der Waals surface area contributed by atoms with Crippen LogP contribution in [0, 0.1) is 0 Å². The van der Waals surface area contributed by atoms with Crippen LogP contribution in [0.15, 0.2) is 30.3 Å². The molecule has 0 saturated heterocycles. The van der Waals surface area contributed by atoms with Gasteiger partial charge in [-0.1, -0.05) is 37.3 Å². The molecule has 0 aliphatic carbocycles. The fraction of sp³-hybridized carbons (Fsp3) is 0.286. The largest absolute Gasteiger partial charge is 0.393 e. The summed E-state index contributed by atoms with van der Waals surface area (Å²) in [6.45, 7) is 2.01. The molecule has 3 N–H and O–H groups in total. The summed E-state index contributed by atoms with van der Waals surface area (Å²) in [4.78, 5) is 13.3. The highest BCUT2D eigenvalue weighted by Crippen LogP contribution is 2.25. The number of amides is 1. The van der Waals surface area contributed by atoms with Crippen molar-refractivity contribution in [2.75, 3.05) is 0 Å². The molecule has 1 aromatic heterocycles. The molecule has 1 heterocycles. The van der Waals surface area contributed by atoms with Crippen molar-refractivity contribution in [2.45, 2.75) is 25.8 Å². The number of carbonyl (C=O) groups excluding carboxylic acids is 1. The number of thiophene rings is 1. The average Bonchev–Trinajstić information content (AvgIpc) is 2.81. The highest BCUT2D eigenvalue weighted by Gasteiger charge is 2.15. The highest BCUT2D eigenvalue weighted by molar-refractivity contribution is 7.80. The maximum absolute atomic E-state index is 12.2. The molecule has 0 bridgehead atoms. The van der Waals surface area contributed by atoms with E-state index in [1.54, 1.807) is 0 Å². The summed E-state index contributed by atoms with van der Waals surface area (Å²) in [5.74, 6) is -0.0516. The van der Waals surface area contributed by atoms with Gasteiger partial charge in [-0.05, 0) is 23.9 Å². The topological polar surface area (TPSA) is 55.1 Å². The van der Waals surface area contributed by atoms with Crippen LogP contribution < -0.4 is 11.1 Å². The number of benzene rings is 1. The minimum absolute atomic E-state index is 0.00946. The summed E-state index contributed by atoms with van der Waals surface area (Å²) < 4.78 is 1.12. The molecular weight excluding hydrogens is 276 g/mol. The number of thiocarbonyl (C=S) groups is 1. The molecule has 0 aliphatic rings. The number of nitrogens with two attached hydrogens (primary N) is 1. The quantitative estimate of drug-likeness (QED) is 0.833. The highest BCUT2D eigenvalue weighted by atomic mass is 32.1. The number of hydrogen-bond acceptors (Lipinski definition) is 3. The standard InChI is InChI=1S/C14H16N2OS2/c1-2-10(8-13(15)18)16-14(17)12-7-9-5-3-4-6-11(9)19-12/h3-7,10H,2,8H2,1H3,(H2,15,18)(H,16,17). The van der Waals surface area contributed by atoms with Crippen molar-refractivity contribution in [2.24, 2.45) is 5.73 Å². The van der Waals surface area contributed by atoms with Crippen LogP contribution in [0.25, 0.3) is 10.1 Å². The predicted octanol–water partition coefficient (Wildman–Crippen LogP) is 3.09. The second-order valence-electron chi connectivity index (χ2n) is 4.40. The normalized spacial score (nSPS) is 12.3. The summed E-state index contributed by atoms with van der Waals surface area (Å²) in [5, 5.41) is 4.08. The maximum atomic E-state index is 12.2. The van der Waals surface area contributed by atoms with Crippen molar-refractivity contribution < 1.29 is 4.79 Å². The van der Waals surface area contributed by atoms with Gasteiger partial charge in [0.2, 0.25) is 0 Å². The minimum Gasteiger partial charge on any atom is -0.393 e. The fourth-order valence-corrected chi connectivity index (χ4v) is 3.06. The van der Waals surface area contributed by atoms with Gasteiger partial charge in [0, 0.05) is 17.2 Å². The molecule has 5 heteroatoms. The molecule has 100 valence electrons. The summed E-state index contributed by atoms with van der Waals surface area (Å²) in [7, 11) is 0. The molecule has 0 spiro atoms. The van der Waals surface area contributed by atoms with E-state index in [0.29, 0.717) is 11.4 Å². The van der Waals surface area contributed by atoms with Gasteiger partial charge in [-0.2, -0.15) is 0 Å². The van der Waals surface area contributed by atoms with Crippen molar-refractivity contribution in [1.29, 1.82) is 0 Å². The van der Waals surface area contributed by atoms with Crippen molar-refractivity contribution >= 4 is 44.5 Å². The second kappa shape index (κ2) is 6.12. The molecule has 1 amide bonds. The van der Waals surface area contributed by atoms with Crippen LogP contribution in [0.3, 0.4) is 0 Å². The molecular formula is C14H16N2OS2. The third-order valence-corrected chi connectivity index (χ3v) is 4.21. The molecule has 0 fully saturated rings. The van der Waals surface area contributed by atoms with Gasteiger partial charge in [-0.25, -0.2) is 0 Å². The van der Waals surface area contributed by atoms with E-state index in [1.807, 2.05) is 37.3 Å². The van der Waals surface area contributed by atoms with Crippen LogP contribution in [0.4, 0.5) is 0 Å². The molecule has 1 aromatic carbocycles. The number of carbonyl (C=O) groups is 1. The van der Waals surface area contributed by atoms with Gasteiger partial charge >= 0.3 is 0 Å². The Hall–Kier alpha value is -1.46. The second-order valence-corrected chi connectivity index (χ2v) is 6.01. The Morgan fingerprint density at radius 3 is 2.84 bits per heavy atom. The van der Waals surface area contributed by atoms with Gasteiger partial charge in [0.05, 0.1) is 9.87 Å². The Morgan fingerprint density at radius 2 is 2.21 bits per heavy atom. The molecule has 19 heavy (non-hydrogen) atoms. The first-order valence-electron chi connectivity index (χ1n) is 6.18.